The Kier molecular flexibility index (Phi) is 8.36. The minimum absolute atomic E-state index is 0.0900. The third kappa shape index (κ3) is 6.42. The van der Waals surface area contributed by atoms with E-state index in [1.54, 1.807) is 13.2 Å². The second-order valence-corrected chi connectivity index (χ2v) is 5.02. The van der Waals surface area contributed by atoms with Crippen molar-refractivity contribution in [2.45, 2.75) is 13.0 Å². The number of nitro groups is 1. The molecule has 0 amide bonds. The van der Waals surface area contributed by atoms with Crippen LogP contribution in [0.1, 0.15) is 12.0 Å². The summed E-state index contributed by atoms with van der Waals surface area (Å²) in [5.74, 6) is 0. The molecule has 6 nitrogen and oxygen atoms in total. The number of nitro benzene ring substituents is 1. The highest BCUT2D eigenvalue weighted by molar-refractivity contribution is 9.10. The molecule has 20 heavy (non-hydrogen) atoms. The Labute approximate surface area is 126 Å². The van der Waals surface area contributed by atoms with Gasteiger partial charge in [0.25, 0.3) is 5.69 Å². The molecule has 0 aromatic heterocycles. The first kappa shape index (κ1) is 17.0. The highest BCUT2D eigenvalue weighted by atomic mass is 79.9. The molecular formula is C13H19BrN2O4. The predicted octanol–water partition coefficient (Wildman–Crippen LogP) is 2.50. The zero-order valence-electron chi connectivity index (χ0n) is 11.4. The summed E-state index contributed by atoms with van der Waals surface area (Å²) in [6, 6.07) is 4.78. The molecule has 0 spiro atoms. The molecule has 1 N–H and O–H groups in total. The van der Waals surface area contributed by atoms with Gasteiger partial charge in [-0.3, -0.25) is 10.1 Å². The van der Waals surface area contributed by atoms with Gasteiger partial charge in [0.15, 0.2) is 0 Å². The van der Waals surface area contributed by atoms with Crippen LogP contribution < -0.4 is 5.32 Å². The average Bonchev–Trinajstić information content (AvgIpc) is 2.43. The highest BCUT2D eigenvalue weighted by Gasteiger charge is 2.08. The lowest BCUT2D eigenvalue weighted by Crippen LogP contribution is -2.17. The monoisotopic (exact) mass is 346 g/mol. The molecule has 0 aliphatic heterocycles. The average molecular weight is 347 g/mol. The molecule has 112 valence electrons. The molecule has 0 unspecified atom stereocenters. The van der Waals surface area contributed by atoms with Crippen LogP contribution >= 0.6 is 15.9 Å². The molecule has 0 saturated carbocycles. The number of hydrogen-bond donors (Lipinski definition) is 1. The van der Waals surface area contributed by atoms with E-state index in [9.17, 15) is 10.1 Å². The summed E-state index contributed by atoms with van der Waals surface area (Å²) in [6.07, 6.45) is 0.911. The standard InChI is InChI=1S/C13H19BrN2O4/c1-19-7-8-20-6-2-5-15-10-11-3-4-12(16(17)18)9-13(11)14/h3-4,9,15H,2,5-8,10H2,1H3. The van der Waals surface area contributed by atoms with E-state index in [0.717, 1.165) is 23.0 Å². The molecule has 1 aromatic carbocycles. The van der Waals surface area contributed by atoms with Gasteiger partial charge >= 0.3 is 0 Å². The lowest BCUT2D eigenvalue weighted by atomic mass is 10.2. The van der Waals surface area contributed by atoms with Crippen LogP contribution in [0.15, 0.2) is 22.7 Å². The van der Waals surface area contributed by atoms with Crippen LogP contribution in [0.5, 0.6) is 0 Å². The zero-order valence-corrected chi connectivity index (χ0v) is 13.0. The second-order valence-electron chi connectivity index (χ2n) is 4.17. The van der Waals surface area contributed by atoms with Gasteiger partial charge in [-0.2, -0.15) is 0 Å². The quantitative estimate of drug-likeness (QED) is 0.400. The van der Waals surface area contributed by atoms with Gasteiger partial charge < -0.3 is 14.8 Å². The number of ether oxygens (including phenoxy) is 2. The molecule has 7 heteroatoms. The Morgan fingerprint density at radius 3 is 2.80 bits per heavy atom. The molecule has 0 aliphatic carbocycles. The maximum absolute atomic E-state index is 10.6. The molecule has 0 aliphatic rings. The molecular weight excluding hydrogens is 328 g/mol. The Morgan fingerprint density at radius 1 is 1.35 bits per heavy atom. The van der Waals surface area contributed by atoms with Gasteiger partial charge in [0.05, 0.1) is 18.1 Å². The van der Waals surface area contributed by atoms with Crippen LogP contribution in [0.4, 0.5) is 5.69 Å². The van der Waals surface area contributed by atoms with E-state index >= 15 is 0 Å². The van der Waals surface area contributed by atoms with Crippen LogP contribution in [0.25, 0.3) is 0 Å². The predicted molar refractivity (Wildman–Crippen MR) is 79.8 cm³/mol. The topological polar surface area (TPSA) is 73.6 Å². The third-order valence-electron chi connectivity index (χ3n) is 2.64. The van der Waals surface area contributed by atoms with Crippen LogP contribution in [-0.2, 0) is 16.0 Å². The van der Waals surface area contributed by atoms with E-state index in [-0.39, 0.29) is 5.69 Å². The number of methoxy groups -OCH3 is 1. The molecule has 1 rings (SSSR count). The van der Waals surface area contributed by atoms with Crippen molar-refractivity contribution in [3.05, 3.63) is 38.3 Å². The first-order chi connectivity index (χ1) is 9.65. The number of rotatable bonds is 10. The van der Waals surface area contributed by atoms with Gasteiger partial charge in [0.2, 0.25) is 0 Å². The largest absolute Gasteiger partial charge is 0.382 e. The van der Waals surface area contributed by atoms with Gasteiger partial charge in [-0.15, -0.1) is 0 Å². The second kappa shape index (κ2) is 9.82. The summed E-state index contributed by atoms with van der Waals surface area (Å²) in [7, 11) is 1.65. The molecule has 0 fully saturated rings. The SMILES string of the molecule is COCCOCCCNCc1ccc([N+](=O)[O-])cc1Br. The number of non-ortho nitro benzene ring substituents is 1. The van der Waals surface area contributed by atoms with Crippen molar-refractivity contribution in [2.24, 2.45) is 0 Å². The van der Waals surface area contributed by atoms with Crippen molar-refractivity contribution in [1.29, 1.82) is 0 Å². The van der Waals surface area contributed by atoms with Crippen molar-refractivity contribution >= 4 is 21.6 Å². The fourth-order valence-corrected chi connectivity index (χ4v) is 2.07. The molecule has 0 bridgehead atoms. The first-order valence-electron chi connectivity index (χ1n) is 6.35. The van der Waals surface area contributed by atoms with E-state index in [1.165, 1.54) is 12.1 Å². The van der Waals surface area contributed by atoms with Crippen molar-refractivity contribution in [3.8, 4) is 0 Å². The van der Waals surface area contributed by atoms with Gasteiger partial charge in [0.1, 0.15) is 0 Å². The zero-order chi connectivity index (χ0) is 14.8. The van der Waals surface area contributed by atoms with E-state index < -0.39 is 4.92 Å². The third-order valence-corrected chi connectivity index (χ3v) is 3.38. The van der Waals surface area contributed by atoms with E-state index in [1.807, 2.05) is 0 Å². The molecule has 0 atom stereocenters. The van der Waals surface area contributed by atoms with Gasteiger partial charge in [-0.1, -0.05) is 15.9 Å². The maximum Gasteiger partial charge on any atom is 0.270 e. The summed E-state index contributed by atoms with van der Waals surface area (Å²) in [5.41, 5.74) is 1.09. The Morgan fingerprint density at radius 2 is 2.15 bits per heavy atom. The molecule has 1 aromatic rings. The van der Waals surface area contributed by atoms with Crippen LogP contribution in [0.3, 0.4) is 0 Å². The smallest absolute Gasteiger partial charge is 0.270 e. The van der Waals surface area contributed by atoms with Gasteiger partial charge in [-0.25, -0.2) is 0 Å². The van der Waals surface area contributed by atoms with Crippen molar-refractivity contribution in [1.82, 2.24) is 5.32 Å². The van der Waals surface area contributed by atoms with E-state index in [0.29, 0.717) is 26.4 Å². The van der Waals surface area contributed by atoms with Crippen molar-refractivity contribution in [3.63, 3.8) is 0 Å². The summed E-state index contributed by atoms with van der Waals surface area (Å²) in [4.78, 5) is 10.2. The van der Waals surface area contributed by atoms with Crippen LogP contribution in [-0.4, -0.2) is 38.4 Å². The fraction of sp³-hybridized carbons (Fsp3) is 0.538. The van der Waals surface area contributed by atoms with Crippen LogP contribution in [0.2, 0.25) is 0 Å². The molecule has 0 saturated heterocycles. The highest BCUT2D eigenvalue weighted by Crippen LogP contribution is 2.22. The minimum atomic E-state index is -0.403. The lowest BCUT2D eigenvalue weighted by Gasteiger charge is -2.07. The number of nitrogens with zero attached hydrogens (tertiary/aromatic N) is 1. The lowest BCUT2D eigenvalue weighted by molar-refractivity contribution is -0.384. The minimum Gasteiger partial charge on any atom is -0.382 e. The van der Waals surface area contributed by atoms with Crippen molar-refractivity contribution < 1.29 is 14.4 Å². The maximum atomic E-state index is 10.6. The molecule has 0 heterocycles. The summed E-state index contributed by atoms with van der Waals surface area (Å²) >= 11 is 3.34. The van der Waals surface area contributed by atoms with E-state index in [2.05, 4.69) is 21.2 Å². The summed E-state index contributed by atoms with van der Waals surface area (Å²) < 4.78 is 11.0. The number of benzene rings is 1. The number of halogens is 1. The molecule has 0 radical (unpaired) electrons. The number of hydrogen-bond acceptors (Lipinski definition) is 5. The fourth-order valence-electron chi connectivity index (χ4n) is 1.56. The van der Waals surface area contributed by atoms with Gasteiger partial charge in [0, 0.05) is 36.9 Å². The Bertz CT molecular complexity index is 429. The van der Waals surface area contributed by atoms with E-state index in [4.69, 9.17) is 9.47 Å². The summed E-state index contributed by atoms with van der Waals surface area (Å²) in [5, 5.41) is 13.9. The van der Waals surface area contributed by atoms with Crippen LogP contribution in [0, 0.1) is 10.1 Å². The van der Waals surface area contributed by atoms with Crippen molar-refractivity contribution in [2.75, 3.05) is 33.5 Å². The first-order valence-corrected chi connectivity index (χ1v) is 7.14. The Balaban J connectivity index is 2.20. The summed E-state index contributed by atoms with van der Waals surface area (Å²) in [6.45, 7) is 3.42. The normalized spacial score (nSPS) is 10.7. The van der Waals surface area contributed by atoms with Gasteiger partial charge in [-0.05, 0) is 24.6 Å². The Hall–Kier alpha value is -1.02. The number of nitrogens with one attached hydrogen (secondary N) is 1.